The van der Waals surface area contributed by atoms with E-state index >= 15 is 0 Å². The van der Waals surface area contributed by atoms with Gasteiger partial charge in [-0.1, -0.05) is 24.3 Å². The Balaban J connectivity index is 1.24. The Kier molecular flexibility index (Phi) is 6.87. The lowest BCUT2D eigenvalue weighted by molar-refractivity contribution is 0.323. The molecule has 1 fully saturated rings. The summed E-state index contributed by atoms with van der Waals surface area (Å²) >= 11 is 0. The Hall–Kier alpha value is -2.05. The fourth-order valence-electron chi connectivity index (χ4n) is 4.62. The molecule has 0 radical (unpaired) electrons. The minimum Gasteiger partial charge on any atom is -0.385 e. The van der Waals surface area contributed by atoms with Crippen LogP contribution < -0.4 is 14.9 Å². The predicted molar refractivity (Wildman–Crippen MR) is 129 cm³/mol. The first-order valence-electron chi connectivity index (χ1n) is 11.6. The molecule has 1 heterocycles. The van der Waals surface area contributed by atoms with Gasteiger partial charge in [0, 0.05) is 37.1 Å². The molecule has 31 heavy (non-hydrogen) atoms. The van der Waals surface area contributed by atoms with Crippen LogP contribution in [0.1, 0.15) is 50.7 Å². The van der Waals surface area contributed by atoms with E-state index in [0.717, 1.165) is 57.4 Å². The van der Waals surface area contributed by atoms with Crippen molar-refractivity contribution in [1.82, 2.24) is 4.72 Å². The van der Waals surface area contributed by atoms with Crippen LogP contribution >= 0.6 is 0 Å². The van der Waals surface area contributed by atoms with Crippen molar-refractivity contribution in [3.05, 3.63) is 59.7 Å². The van der Waals surface area contributed by atoms with Gasteiger partial charge >= 0.3 is 0 Å². The van der Waals surface area contributed by atoms with Gasteiger partial charge in [0.25, 0.3) is 0 Å². The van der Waals surface area contributed by atoms with Crippen molar-refractivity contribution in [3.8, 4) is 0 Å². The van der Waals surface area contributed by atoms with Gasteiger partial charge in [-0.05, 0) is 87.3 Å². The molecular weight excluding hydrogens is 406 g/mol. The molecule has 4 rings (SSSR count). The molecule has 5 nitrogen and oxygen atoms in total. The average molecular weight is 442 g/mol. The normalized spacial score (nSPS) is 21.7. The highest BCUT2D eigenvalue weighted by atomic mass is 32.2. The van der Waals surface area contributed by atoms with Crippen LogP contribution in [0.3, 0.4) is 0 Å². The van der Waals surface area contributed by atoms with Gasteiger partial charge in [0.2, 0.25) is 10.0 Å². The van der Waals surface area contributed by atoms with Crippen LogP contribution in [0.15, 0.2) is 48.5 Å². The van der Waals surface area contributed by atoms with Crippen LogP contribution in [0, 0.1) is 5.92 Å². The van der Waals surface area contributed by atoms with E-state index in [1.807, 2.05) is 0 Å². The topological polar surface area (TPSA) is 61.4 Å². The van der Waals surface area contributed by atoms with Gasteiger partial charge in [-0.2, -0.15) is 0 Å². The molecule has 2 aromatic carbocycles. The zero-order valence-electron chi connectivity index (χ0n) is 18.7. The zero-order chi connectivity index (χ0) is 21.8. The lowest BCUT2D eigenvalue weighted by Gasteiger charge is -2.31. The van der Waals surface area contributed by atoms with Crippen molar-refractivity contribution in [2.45, 2.75) is 63.8 Å². The van der Waals surface area contributed by atoms with Crippen LogP contribution in [-0.4, -0.2) is 32.8 Å². The number of nitrogens with one attached hydrogen (secondary N) is 2. The van der Waals surface area contributed by atoms with Crippen molar-refractivity contribution in [3.63, 3.8) is 0 Å². The van der Waals surface area contributed by atoms with Crippen molar-refractivity contribution < 1.29 is 8.42 Å². The van der Waals surface area contributed by atoms with E-state index in [1.165, 1.54) is 16.8 Å². The zero-order valence-corrected chi connectivity index (χ0v) is 19.5. The highest BCUT2D eigenvalue weighted by Gasteiger charge is 2.26. The third-order valence-corrected chi connectivity index (χ3v) is 8.66. The van der Waals surface area contributed by atoms with Crippen molar-refractivity contribution in [2.24, 2.45) is 5.92 Å². The Morgan fingerprint density at radius 1 is 0.968 bits per heavy atom. The minimum atomic E-state index is -3.17. The second-order valence-corrected chi connectivity index (χ2v) is 11.6. The SMILES string of the molecule is CC(C)S(=O)(=O)NC1CCC(CNc2ccc(N3CCc4ccccc4C3)cc2)CC1. The molecule has 0 unspecified atom stereocenters. The molecule has 2 aromatic rings. The molecule has 0 atom stereocenters. The monoisotopic (exact) mass is 441 g/mol. The molecule has 1 aliphatic heterocycles. The summed E-state index contributed by atoms with van der Waals surface area (Å²) < 4.78 is 27.0. The second kappa shape index (κ2) is 9.61. The Morgan fingerprint density at radius 2 is 1.65 bits per heavy atom. The fraction of sp³-hybridized carbons (Fsp3) is 0.520. The van der Waals surface area contributed by atoms with E-state index in [1.54, 1.807) is 13.8 Å². The highest BCUT2D eigenvalue weighted by molar-refractivity contribution is 7.90. The maximum absolute atomic E-state index is 12.1. The quantitative estimate of drug-likeness (QED) is 0.662. The summed E-state index contributed by atoms with van der Waals surface area (Å²) in [5, 5.41) is 3.22. The van der Waals surface area contributed by atoms with Gasteiger partial charge in [-0.25, -0.2) is 13.1 Å². The summed E-state index contributed by atoms with van der Waals surface area (Å²) in [5.74, 6) is 0.595. The Bertz CT molecular complexity index is 965. The summed E-state index contributed by atoms with van der Waals surface area (Å²) in [7, 11) is -3.17. The molecule has 1 saturated carbocycles. The van der Waals surface area contributed by atoms with E-state index in [4.69, 9.17) is 0 Å². The molecule has 0 bridgehead atoms. The summed E-state index contributed by atoms with van der Waals surface area (Å²) in [6.07, 6.45) is 5.07. The van der Waals surface area contributed by atoms with Gasteiger partial charge in [0.15, 0.2) is 0 Å². The van der Waals surface area contributed by atoms with Crippen LogP contribution in [0.25, 0.3) is 0 Å². The molecule has 0 amide bonds. The maximum atomic E-state index is 12.1. The molecule has 6 heteroatoms. The van der Waals surface area contributed by atoms with Gasteiger partial charge in [0.1, 0.15) is 0 Å². The van der Waals surface area contributed by atoms with Crippen LogP contribution in [0.2, 0.25) is 0 Å². The van der Waals surface area contributed by atoms with Gasteiger partial charge < -0.3 is 10.2 Å². The largest absolute Gasteiger partial charge is 0.385 e. The molecular formula is C25H35N3O2S. The standard InChI is InChI=1S/C25H35N3O2S/c1-19(2)31(29,30)27-24-9-7-20(8-10-24)17-26-23-11-13-25(14-12-23)28-16-15-21-5-3-4-6-22(21)18-28/h3-6,11-14,19-20,24,26-27H,7-10,15-18H2,1-2H3. The number of fused-ring (bicyclic) bond motifs is 1. The summed E-state index contributed by atoms with van der Waals surface area (Å²) in [5.41, 5.74) is 5.34. The number of nitrogens with zero attached hydrogens (tertiary/aromatic N) is 1. The molecule has 1 aliphatic carbocycles. The third kappa shape index (κ3) is 5.60. The van der Waals surface area contributed by atoms with Gasteiger partial charge in [-0.3, -0.25) is 0 Å². The summed E-state index contributed by atoms with van der Waals surface area (Å²) in [4.78, 5) is 2.45. The number of benzene rings is 2. The Morgan fingerprint density at radius 3 is 2.32 bits per heavy atom. The molecule has 2 aliphatic rings. The second-order valence-electron chi connectivity index (χ2n) is 9.30. The van der Waals surface area contributed by atoms with E-state index in [9.17, 15) is 8.42 Å². The van der Waals surface area contributed by atoms with Gasteiger partial charge in [0.05, 0.1) is 5.25 Å². The molecule has 2 N–H and O–H groups in total. The maximum Gasteiger partial charge on any atom is 0.214 e. The first kappa shape index (κ1) is 22.2. The molecule has 0 spiro atoms. The molecule has 168 valence electrons. The fourth-order valence-corrected chi connectivity index (χ4v) is 5.59. The van der Waals surface area contributed by atoms with Crippen molar-refractivity contribution in [2.75, 3.05) is 23.3 Å². The Labute approximate surface area is 187 Å². The molecule has 0 aromatic heterocycles. The lowest BCUT2D eigenvalue weighted by atomic mass is 9.86. The van der Waals surface area contributed by atoms with E-state index in [0.29, 0.717) is 5.92 Å². The number of hydrogen-bond donors (Lipinski definition) is 2. The van der Waals surface area contributed by atoms with E-state index in [-0.39, 0.29) is 11.3 Å². The smallest absolute Gasteiger partial charge is 0.214 e. The first-order valence-corrected chi connectivity index (χ1v) is 13.1. The van der Waals surface area contributed by atoms with Crippen LogP contribution in [0.4, 0.5) is 11.4 Å². The number of hydrogen-bond acceptors (Lipinski definition) is 4. The number of sulfonamides is 1. The minimum absolute atomic E-state index is 0.0950. The average Bonchev–Trinajstić information content (AvgIpc) is 2.78. The lowest BCUT2D eigenvalue weighted by Crippen LogP contribution is -2.41. The van der Waals surface area contributed by atoms with Crippen LogP contribution in [0.5, 0.6) is 0 Å². The van der Waals surface area contributed by atoms with Crippen molar-refractivity contribution in [1.29, 1.82) is 0 Å². The summed E-state index contributed by atoms with van der Waals surface area (Å²) in [6.45, 7) is 6.45. The highest BCUT2D eigenvalue weighted by Crippen LogP contribution is 2.28. The number of rotatable bonds is 7. The molecule has 0 saturated heterocycles. The predicted octanol–water partition coefficient (Wildman–Crippen LogP) is 4.55. The van der Waals surface area contributed by atoms with E-state index in [2.05, 4.69) is 63.5 Å². The third-order valence-electron chi connectivity index (χ3n) is 6.76. The first-order chi connectivity index (χ1) is 14.9. The number of anilines is 2. The van der Waals surface area contributed by atoms with E-state index < -0.39 is 10.0 Å². The summed E-state index contributed by atoms with van der Waals surface area (Å²) in [6, 6.07) is 17.6. The van der Waals surface area contributed by atoms with Gasteiger partial charge in [-0.15, -0.1) is 0 Å². The van der Waals surface area contributed by atoms with Crippen LogP contribution in [-0.2, 0) is 23.0 Å². The van der Waals surface area contributed by atoms with Crippen molar-refractivity contribution >= 4 is 21.4 Å².